The van der Waals surface area contributed by atoms with Crippen LogP contribution in [0.1, 0.15) is 15.9 Å². The van der Waals surface area contributed by atoms with Crippen molar-refractivity contribution in [2.24, 2.45) is 5.73 Å². The minimum atomic E-state index is -0.0639. The van der Waals surface area contributed by atoms with Crippen LogP contribution in [0.25, 0.3) is 0 Å². The third-order valence-electron chi connectivity index (χ3n) is 2.81. The average Bonchev–Trinajstić information content (AvgIpc) is 2.92. The molecule has 0 aliphatic heterocycles. The summed E-state index contributed by atoms with van der Waals surface area (Å²) in [6.45, 7) is 1.81. The number of hydrogen-bond acceptors (Lipinski definition) is 3. The van der Waals surface area contributed by atoms with Gasteiger partial charge in [-0.15, -0.1) is 0 Å². The van der Waals surface area contributed by atoms with Crippen molar-refractivity contribution < 1.29 is 4.79 Å². The van der Waals surface area contributed by atoms with Crippen LogP contribution in [-0.2, 0) is 13.0 Å². The van der Waals surface area contributed by atoms with Gasteiger partial charge >= 0.3 is 0 Å². The average molecular weight is 258 g/mol. The summed E-state index contributed by atoms with van der Waals surface area (Å²) in [5.74, 6) is -0.0639. The first-order chi connectivity index (χ1) is 9.29. The summed E-state index contributed by atoms with van der Waals surface area (Å²) in [6, 6.07) is 9.41. The van der Waals surface area contributed by atoms with Crippen LogP contribution in [0.3, 0.4) is 0 Å². The van der Waals surface area contributed by atoms with E-state index in [0.717, 1.165) is 12.0 Å². The van der Waals surface area contributed by atoms with Gasteiger partial charge in [-0.2, -0.15) is 5.10 Å². The summed E-state index contributed by atoms with van der Waals surface area (Å²) >= 11 is 0. The van der Waals surface area contributed by atoms with Crippen LogP contribution in [0.15, 0.2) is 42.7 Å². The van der Waals surface area contributed by atoms with Gasteiger partial charge in [-0.25, -0.2) is 0 Å². The smallest absolute Gasteiger partial charge is 0.251 e. The Morgan fingerprint density at radius 3 is 3.00 bits per heavy atom. The Morgan fingerprint density at radius 2 is 2.26 bits per heavy atom. The number of nitrogens with two attached hydrogens (primary N) is 1. The van der Waals surface area contributed by atoms with E-state index in [4.69, 9.17) is 5.73 Å². The zero-order valence-corrected chi connectivity index (χ0v) is 10.7. The molecule has 0 bridgehead atoms. The molecular formula is C14H18N4O. The summed E-state index contributed by atoms with van der Waals surface area (Å²) in [5.41, 5.74) is 7.27. The van der Waals surface area contributed by atoms with Gasteiger partial charge in [0.05, 0.1) is 6.54 Å². The Kier molecular flexibility index (Phi) is 4.69. The van der Waals surface area contributed by atoms with Crippen LogP contribution >= 0.6 is 0 Å². The molecule has 5 heteroatoms. The van der Waals surface area contributed by atoms with E-state index in [1.54, 1.807) is 10.9 Å². The minimum absolute atomic E-state index is 0.0639. The van der Waals surface area contributed by atoms with Crippen LogP contribution in [0.4, 0.5) is 0 Å². The number of carbonyl (C=O) groups is 1. The molecule has 2 rings (SSSR count). The number of amides is 1. The molecule has 0 radical (unpaired) electrons. The van der Waals surface area contributed by atoms with Gasteiger partial charge in [0.15, 0.2) is 0 Å². The maximum Gasteiger partial charge on any atom is 0.251 e. The lowest BCUT2D eigenvalue weighted by atomic mass is 10.1. The highest BCUT2D eigenvalue weighted by molar-refractivity contribution is 5.94. The Hall–Kier alpha value is -2.14. The molecule has 3 N–H and O–H groups in total. The van der Waals surface area contributed by atoms with E-state index in [1.165, 1.54) is 0 Å². The van der Waals surface area contributed by atoms with E-state index in [2.05, 4.69) is 10.4 Å². The van der Waals surface area contributed by atoms with Crippen molar-refractivity contribution in [3.8, 4) is 0 Å². The van der Waals surface area contributed by atoms with Crippen LogP contribution in [0.5, 0.6) is 0 Å². The number of nitrogens with zero attached hydrogens (tertiary/aromatic N) is 2. The molecular weight excluding hydrogens is 240 g/mol. The Labute approximate surface area is 112 Å². The highest BCUT2D eigenvalue weighted by atomic mass is 16.1. The van der Waals surface area contributed by atoms with Crippen molar-refractivity contribution in [3.63, 3.8) is 0 Å². The third kappa shape index (κ3) is 3.93. The van der Waals surface area contributed by atoms with Crippen molar-refractivity contribution in [2.75, 3.05) is 13.1 Å². The van der Waals surface area contributed by atoms with Gasteiger partial charge in [0, 0.05) is 24.5 Å². The zero-order valence-electron chi connectivity index (χ0n) is 10.7. The Morgan fingerprint density at radius 1 is 1.37 bits per heavy atom. The standard InChI is InChI=1S/C14H18N4O/c15-6-5-12-3-1-4-13(11-12)14(19)16-8-10-18-9-2-7-17-18/h1-4,7,9,11H,5-6,8,10,15H2,(H,16,19). The molecule has 0 unspecified atom stereocenters. The van der Waals surface area contributed by atoms with Crippen LogP contribution in [0.2, 0.25) is 0 Å². The lowest BCUT2D eigenvalue weighted by Crippen LogP contribution is -2.27. The molecule has 2 aromatic rings. The molecule has 1 aromatic carbocycles. The van der Waals surface area contributed by atoms with E-state index >= 15 is 0 Å². The highest BCUT2D eigenvalue weighted by Crippen LogP contribution is 2.05. The predicted octanol–water partition coefficient (Wildman–Crippen LogP) is 0.814. The van der Waals surface area contributed by atoms with Gasteiger partial charge in [-0.3, -0.25) is 9.48 Å². The third-order valence-corrected chi connectivity index (χ3v) is 2.81. The molecule has 0 atom stereocenters. The molecule has 0 fully saturated rings. The molecule has 1 amide bonds. The van der Waals surface area contributed by atoms with E-state index in [0.29, 0.717) is 25.2 Å². The second-order valence-electron chi connectivity index (χ2n) is 4.26. The number of hydrogen-bond donors (Lipinski definition) is 2. The molecule has 0 spiro atoms. The van der Waals surface area contributed by atoms with Crippen LogP contribution < -0.4 is 11.1 Å². The first-order valence-corrected chi connectivity index (χ1v) is 6.34. The van der Waals surface area contributed by atoms with Gasteiger partial charge in [0.1, 0.15) is 0 Å². The molecule has 0 aliphatic carbocycles. The quantitative estimate of drug-likeness (QED) is 0.805. The molecule has 5 nitrogen and oxygen atoms in total. The topological polar surface area (TPSA) is 72.9 Å². The normalized spacial score (nSPS) is 10.4. The van der Waals surface area contributed by atoms with E-state index in [-0.39, 0.29) is 5.91 Å². The maximum absolute atomic E-state index is 12.0. The van der Waals surface area contributed by atoms with Gasteiger partial charge in [-0.05, 0) is 36.7 Å². The van der Waals surface area contributed by atoms with E-state index < -0.39 is 0 Å². The van der Waals surface area contributed by atoms with Crippen molar-refractivity contribution >= 4 is 5.91 Å². The Balaban J connectivity index is 1.87. The van der Waals surface area contributed by atoms with Gasteiger partial charge in [0.25, 0.3) is 5.91 Å². The number of rotatable bonds is 6. The second-order valence-corrected chi connectivity index (χ2v) is 4.26. The molecule has 1 aromatic heterocycles. The fourth-order valence-corrected chi connectivity index (χ4v) is 1.85. The van der Waals surface area contributed by atoms with Crippen molar-refractivity contribution in [1.29, 1.82) is 0 Å². The molecule has 100 valence electrons. The number of nitrogens with one attached hydrogen (secondary N) is 1. The highest BCUT2D eigenvalue weighted by Gasteiger charge is 2.05. The fourth-order valence-electron chi connectivity index (χ4n) is 1.85. The summed E-state index contributed by atoms with van der Waals surface area (Å²) in [5, 5.41) is 6.95. The first-order valence-electron chi connectivity index (χ1n) is 6.34. The van der Waals surface area contributed by atoms with Crippen molar-refractivity contribution in [3.05, 3.63) is 53.9 Å². The summed E-state index contributed by atoms with van der Waals surface area (Å²) < 4.78 is 1.78. The van der Waals surface area contributed by atoms with Crippen molar-refractivity contribution in [2.45, 2.75) is 13.0 Å². The van der Waals surface area contributed by atoms with E-state index in [1.807, 2.05) is 36.5 Å². The molecule has 0 saturated heterocycles. The van der Waals surface area contributed by atoms with Crippen molar-refractivity contribution in [1.82, 2.24) is 15.1 Å². The van der Waals surface area contributed by atoms with E-state index in [9.17, 15) is 4.79 Å². The molecule has 0 saturated carbocycles. The number of benzene rings is 1. The predicted molar refractivity (Wildman–Crippen MR) is 73.8 cm³/mol. The minimum Gasteiger partial charge on any atom is -0.350 e. The number of aromatic nitrogens is 2. The Bertz CT molecular complexity index is 522. The van der Waals surface area contributed by atoms with Gasteiger partial charge in [0.2, 0.25) is 0 Å². The van der Waals surface area contributed by atoms with Crippen LogP contribution in [-0.4, -0.2) is 28.8 Å². The monoisotopic (exact) mass is 258 g/mol. The fraction of sp³-hybridized carbons (Fsp3) is 0.286. The van der Waals surface area contributed by atoms with Gasteiger partial charge in [-0.1, -0.05) is 12.1 Å². The van der Waals surface area contributed by atoms with Gasteiger partial charge < -0.3 is 11.1 Å². The maximum atomic E-state index is 12.0. The first kappa shape index (κ1) is 13.3. The summed E-state index contributed by atoms with van der Waals surface area (Å²) in [6.07, 6.45) is 4.38. The molecule has 19 heavy (non-hydrogen) atoms. The lowest BCUT2D eigenvalue weighted by molar-refractivity contribution is 0.0952. The molecule has 0 aliphatic rings. The zero-order chi connectivity index (χ0) is 13.5. The largest absolute Gasteiger partial charge is 0.350 e. The lowest BCUT2D eigenvalue weighted by Gasteiger charge is -2.07. The second kappa shape index (κ2) is 6.70. The summed E-state index contributed by atoms with van der Waals surface area (Å²) in [7, 11) is 0. The SMILES string of the molecule is NCCc1cccc(C(=O)NCCn2cccn2)c1. The number of carbonyl (C=O) groups excluding carboxylic acids is 1. The summed E-state index contributed by atoms with van der Waals surface area (Å²) in [4.78, 5) is 12.0. The van der Waals surface area contributed by atoms with Crippen LogP contribution in [0, 0.1) is 0 Å². The molecule has 1 heterocycles.